The van der Waals surface area contributed by atoms with Crippen LogP contribution in [0.25, 0.3) is 0 Å². The van der Waals surface area contributed by atoms with Crippen molar-refractivity contribution in [3.8, 4) is 0 Å². The quantitative estimate of drug-likeness (QED) is 0.728. The van der Waals surface area contributed by atoms with E-state index < -0.39 is 0 Å². The maximum atomic E-state index is 3.71. The summed E-state index contributed by atoms with van der Waals surface area (Å²) in [5, 5.41) is 3.71. The Morgan fingerprint density at radius 1 is 1.20 bits per heavy atom. The van der Waals surface area contributed by atoms with Crippen molar-refractivity contribution in [2.24, 2.45) is 5.92 Å². The molecule has 0 radical (unpaired) electrons. The number of nitrogens with zero attached hydrogens (tertiary/aromatic N) is 1. The van der Waals surface area contributed by atoms with Gasteiger partial charge in [-0.2, -0.15) is 0 Å². The molecule has 0 aromatic rings. The highest BCUT2D eigenvalue weighted by Gasteiger charge is 2.17. The highest BCUT2D eigenvalue weighted by molar-refractivity contribution is 4.76. The molecule has 0 saturated heterocycles. The zero-order chi connectivity index (χ0) is 11.1. The second-order valence-corrected chi connectivity index (χ2v) is 4.95. The summed E-state index contributed by atoms with van der Waals surface area (Å²) in [7, 11) is 0. The largest absolute Gasteiger partial charge is 0.313 e. The zero-order valence-corrected chi connectivity index (χ0v) is 10.8. The van der Waals surface area contributed by atoms with Crippen LogP contribution in [-0.4, -0.2) is 37.1 Å². The van der Waals surface area contributed by atoms with Crippen molar-refractivity contribution >= 4 is 0 Å². The number of rotatable bonds is 6. The van der Waals surface area contributed by atoms with E-state index in [0.717, 1.165) is 12.0 Å². The van der Waals surface area contributed by atoms with Gasteiger partial charge in [0.15, 0.2) is 0 Å². The summed E-state index contributed by atoms with van der Waals surface area (Å²) in [6, 6.07) is 0.796. The number of hydrogen-bond acceptors (Lipinski definition) is 2. The van der Waals surface area contributed by atoms with Crippen LogP contribution in [0, 0.1) is 5.92 Å². The summed E-state index contributed by atoms with van der Waals surface area (Å²) in [4.78, 5) is 2.49. The van der Waals surface area contributed by atoms with Crippen molar-refractivity contribution < 1.29 is 0 Å². The Morgan fingerprint density at radius 3 is 2.53 bits per heavy atom. The Balaban J connectivity index is 2.08. The molecule has 0 aromatic carbocycles. The SMILES string of the molecule is CCN(CC)CCN[C@H]1CCC[C@H](C)C1. The maximum Gasteiger partial charge on any atom is 0.0107 e. The lowest BCUT2D eigenvalue weighted by molar-refractivity contribution is 0.266. The normalized spacial score (nSPS) is 27.2. The van der Waals surface area contributed by atoms with Gasteiger partial charge in [0, 0.05) is 19.1 Å². The molecule has 2 nitrogen and oxygen atoms in total. The highest BCUT2D eigenvalue weighted by atomic mass is 15.1. The molecule has 1 saturated carbocycles. The van der Waals surface area contributed by atoms with Crippen molar-refractivity contribution in [1.29, 1.82) is 0 Å². The molecule has 1 aliphatic rings. The first kappa shape index (κ1) is 13.0. The topological polar surface area (TPSA) is 15.3 Å². The molecule has 2 atom stereocenters. The average Bonchev–Trinajstić information content (AvgIpc) is 2.25. The molecule has 1 fully saturated rings. The molecule has 0 spiro atoms. The van der Waals surface area contributed by atoms with Gasteiger partial charge in [0.25, 0.3) is 0 Å². The lowest BCUT2D eigenvalue weighted by atomic mass is 9.87. The molecule has 0 bridgehead atoms. The third kappa shape index (κ3) is 4.98. The minimum absolute atomic E-state index is 0.796. The van der Waals surface area contributed by atoms with Crippen LogP contribution in [0.2, 0.25) is 0 Å². The van der Waals surface area contributed by atoms with E-state index >= 15 is 0 Å². The van der Waals surface area contributed by atoms with Crippen molar-refractivity contribution in [1.82, 2.24) is 10.2 Å². The summed E-state index contributed by atoms with van der Waals surface area (Å²) < 4.78 is 0. The second-order valence-electron chi connectivity index (χ2n) is 4.95. The number of hydrogen-bond donors (Lipinski definition) is 1. The summed E-state index contributed by atoms with van der Waals surface area (Å²) in [5.74, 6) is 0.935. The van der Waals surface area contributed by atoms with Gasteiger partial charge in [0.2, 0.25) is 0 Å². The number of likely N-dealkylation sites (N-methyl/N-ethyl adjacent to an activating group) is 1. The molecular weight excluding hydrogens is 184 g/mol. The molecule has 1 N–H and O–H groups in total. The van der Waals surface area contributed by atoms with Crippen LogP contribution in [-0.2, 0) is 0 Å². The van der Waals surface area contributed by atoms with Crippen LogP contribution >= 0.6 is 0 Å². The Labute approximate surface area is 95.4 Å². The van der Waals surface area contributed by atoms with Gasteiger partial charge in [-0.15, -0.1) is 0 Å². The van der Waals surface area contributed by atoms with E-state index in [1.54, 1.807) is 0 Å². The molecule has 0 aromatic heterocycles. The lowest BCUT2D eigenvalue weighted by Gasteiger charge is -2.28. The van der Waals surface area contributed by atoms with Gasteiger partial charge >= 0.3 is 0 Å². The predicted octanol–water partition coefficient (Wildman–Crippen LogP) is 2.50. The first-order chi connectivity index (χ1) is 7.26. The van der Waals surface area contributed by atoms with Gasteiger partial charge in [0.05, 0.1) is 0 Å². The summed E-state index contributed by atoms with van der Waals surface area (Å²) in [6.07, 6.45) is 5.64. The molecular formula is C13H28N2. The minimum Gasteiger partial charge on any atom is -0.313 e. The van der Waals surface area contributed by atoms with E-state index in [2.05, 4.69) is 31.0 Å². The molecule has 0 heterocycles. The Hall–Kier alpha value is -0.0800. The minimum atomic E-state index is 0.796. The van der Waals surface area contributed by atoms with Gasteiger partial charge in [0.1, 0.15) is 0 Å². The van der Waals surface area contributed by atoms with Crippen molar-refractivity contribution in [2.75, 3.05) is 26.2 Å². The maximum absolute atomic E-state index is 3.71. The van der Waals surface area contributed by atoms with Crippen LogP contribution in [0.15, 0.2) is 0 Å². The van der Waals surface area contributed by atoms with Crippen LogP contribution in [0.3, 0.4) is 0 Å². The third-order valence-electron chi connectivity index (χ3n) is 3.69. The lowest BCUT2D eigenvalue weighted by Crippen LogP contribution is -2.39. The van der Waals surface area contributed by atoms with Crippen molar-refractivity contribution in [2.45, 2.75) is 52.5 Å². The molecule has 0 aliphatic heterocycles. The highest BCUT2D eigenvalue weighted by Crippen LogP contribution is 2.23. The van der Waals surface area contributed by atoms with Crippen LogP contribution in [0.1, 0.15) is 46.5 Å². The number of nitrogens with one attached hydrogen (secondary N) is 1. The first-order valence-electron chi connectivity index (χ1n) is 6.72. The van der Waals surface area contributed by atoms with Crippen LogP contribution in [0.4, 0.5) is 0 Å². The van der Waals surface area contributed by atoms with Gasteiger partial charge < -0.3 is 10.2 Å². The van der Waals surface area contributed by atoms with Gasteiger partial charge in [-0.3, -0.25) is 0 Å². The van der Waals surface area contributed by atoms with E-state index in [1.165, 1.54) is 51.9 Å². The summed E-state index contributed by atoms with van der Waals surface area (Å²) in [5.41, 5.74) is 0. The smallest absolute Gasteiger partial charge is 0.0107 e. The molecule has 2 heteroatoms. The molecule has 1 aliphatic carbocycles. The molecule has 90 valence electrons. The van der Waals surface area contributed by atoms with Crippen LogP contribution in [0.5, 0.6) is 0 Å². The Morgan fingerprint density at radius 2 is 1.93 bits per heavy atom. The van der Waals surface area contributed by atoms with E-state index in [4.69, 9.17) is 0 Å². The van der Waals surface area contributed by atoms with Gasteiger partial charge in [-0.1, -0.05) is 33.6 Å². The van der Waals surface area contributed by atoms with E-state index in [9.17, 15) is 0 Å². The van der Waals surface area contributed by atoms with Crippen LogP contribution < -0.4 is 5.32 Å². The first-order valence-corrected chi connectivity index (χ1v) is 6.72. The Kier molecular flexibility index (Phi) is 6.26. The monoisotopic (exact) mass is 212 g/mol. The summed E-state index contributed by atoms with van der Waals surface area (Å²) in [6.45, 7) is 11.6. The van der Waals surface area contributed by atoms with Gasteiger partial charge in [-0.25, -0.2) is 0 Å². The molecule has 1 rings (SSSR count). The summed E-state index contributed by atoms with van der Waals surface area (Å²) >= 11 is 0. The standard InChI is InChI=1S/C13H28N2/c1-4-15(5-2)10-9-14-13-8-6-7-12(3)11-13/h12-14H,4-11H2,1-3H3/t12-,13-/m0/s1. The average molecular weight is 212 g/mol. The van der Waals surface area contributed by atoms with E-state index in [0.29, 0.717) is 0 Å². The predicted molar refractivity (Wildman–Crippen MR) is 67.2 cm³/mol. The van der Waals surface area contributed by atoms with E-state index in [1.807, 2.05) is 0 Å². The van der Waals surface area contributed by atoms with Crippen molar-refractivity contribution in [3.05, 3.63) is 0 Å². The third-order valence-corrected chi connectivity index (χ3v) is 3.69. The van der Waals surface area contributed by atoms with Crippen molar-refractivity contribution in [3.63, 3.8) is 0 Å². The van der Waals surface area contributed by atoms with E-state index in [-0.39, 0.29) is 0 Å². The fourth-order valence-corrected chi connectivity index (χ4v) is 2.59. The fourth-order valence-electron chi connectivity index (χ4n) is 2.59. The molecule has 15 heavy (non-hydrogen) atoms. The molecule has 0 unspecified atom stereocenters. The second kappa shape index (κ2) is 7.24. The molecule has 0 amide bonds. The fraction of sp³-hybridized carbons (Fsp3) is 1.00. The Bertz CT molecular complexity index is 155. The zero-order valence-electron chi connectivity index (χ0n) is 10.8. The van der Waals surface area contributed by atoms with Gasteiger partial charge in [-0.05, 0) is 31.8 Å².